The van der Waals surface area contributed by atoms with Crippen LogP contribution in [0, 0.1) is 0 Å². The molecule has 210 valence electrons. The lowest BCUT2D eigenvalue weighted by Gasteiger charge is -2.34. The topological polar surface area (TPSA) is 91.4 Å². The first-order chi connectivity index (χ1) is 20.0. The van der Waals surface area contributed by atoms with Crippen LogP contribution in [-0.2, 0) is 20.7 Å². The van der Waals surface area contributed by atoms with Gasteiger partial charge in [0, 0.05) is 26.6 Å². The fourth-order valence-corrected chi connectivity index (χ4v) is 5.63. The average Bonchev–Trinajstić information content (AvgIpc) is 3.36. The fourth-order valence-electron chi connectivity index (χ4n) is 5.63. The number of amides is 4. The minimum absolute atomic E-state index is 0.109. The van der Waals surface area contributed by atoms with E-state index in [0.717, 1.165) is 11.1 Å². The van der Waals surface area contributed by atoms with E-state index in [4.69, 9.17) is 9.47 Å². The minimum atomic E-state index is -0.717. The zero-order valence-corrected chi connectivity index (χ0v) is 22.9. The molecule has 0 bridgehead atoms. The van der Waals surface area contributed by atoms with Crippen molar-refractivity contribution in [3.8, 4) is 11.5 Å². The summed E-state index contributed by atoms with van der Waals surface area (Å²) in [4.78, 5) is 46.1. The van der Waals surface area contributed by atoms with Gasteiger partial charge in [-0.15, -0.1) is 0 Å². The molecule has 2 atom stereocenters. The van der Waals surface area contributed by atoms with E-state index in [1.807, 2.05) is 84.9 Å². The Bertz CT molecular complexity index is 1470. The molecule has 3 aliphatic heterocycles. The van der Waals surface area contributed by atoms with Crippen LogP contribution in [-0.4, -0.2) is 78.5 Å². The minimum Gasteiger partial charge on any atom is -0.457 e. The van der Waals surface area contributed by atoms with Gasteiger partial charge >= 0.3 is 6.03 Å². The van der Waals surface area contributed by atoms with Crippen molar-refractivity contribution in [3.63, 3.8) is 0 Å². The Balaban J connectivity index is 1.32. The van der Waals surface area contributed by atoms with Crippen molar-refractivity contribution in [2.24, 2.45) is 0 Å². The van der Waals surface area contributed by atoms with Crippen molar-refractivity contribution < 1.29 is 23.9 Å². The normalized spacial score (nSPS) is 19.6. The second-order valence-electron chi connectivity index (χ2n) is 10.4. The summed E-state index contributed by atoms with van der Waals surface area (Å²) < 4.78 is 11.5. The Labute approximate surface area is 238 Å². The van der Waals surface area contributed by atoms with Gasteiger partial charge in [-0.25, -0.2) is 4.79 Å². The smallest absolute Gasteiger partial charge is 0.322 e. The van der Waals surface area contributed by atoms with Crippen LogP contribution in [0.2, 0.25) is 0 Å². The van der Waals surface area contributed by atoms with Crippen molar-refractivity contribution in [2.75, 3.05) is 39.9 Å². The van der Waals surface area contributed by atoms with Gasteiger partial charge in [-0.2, -0.15) is 0 Å². The molecule has 0 aromatic heterocycles. The second kappa shape index (κ2) is 11.5. The van der Waals surface area contributed by atoms with Gasteiger partial charge < -0.3 is 24.6 Å². The molecule has 0 saturated carbocycles. The van der Waals surface area contributed by atoms with Gasteiger partial charge in [0.1, 0.15) is 17.5 Å². The van der Waals surface area contributed by atoms with E-state index < -0.39 is 12.1 Å². The van der Waals surface area contributed by atoms with Crippen molar-refractivity contribution in [1.82, 2.24) is 20.0 Å². The zero-order chi connectivity index (χ0) is 28.3. The maximum Gasteiger partial charge on any atom is 0.322 e. The lowest BCUT2D eigenvalue weighted by Crippen LogP contribution is -2.53. The largest absolute Gasteiger partial charge is 0.457 e. The molecular weight excluding hydrogens is 520 g/mol. The molecule has 3 heterocycles. The maximum absolute atomic E-state index is 14.2. The number of urea groups is 1. The van der Waals surface area contributed by atoms with Gasteiger partial charge in [-0.3, -0.25) is 14.5 Å². The maximum atomic E-state index is 14.2. The summed E-state index contributed by atoms with van der Waals surface area (Å²) in [5.74, 6) is 0.914. The Hall–Kier alpha value is -4.63. The van der Waals surface area contributed by atoms with Gasteiger partial charge in [-0.05, 0) is 35.4 Å². The summed E-state index contributed by atoms with van der Waals surface area (Å²) in [6.45, 7) is 2.07. The Morgan fingerprint density at radius 3 is 2.37 bits per heavy atom. The number of hydrogen-bond acceptors (Lipinski definition) is 5. The quantitative estimate of drug-likeness (QED) is 0.482. The highest BCUT2D eigenvalue weighted by molar-refractivity contribution is 6.03. The SMILES string of the molecule is CN1C(=O)NC(c2cccc(Oc3ccccc3)c2)C2=C1CN(C(Cc1ccccc1)C(=O)N1CCOCC1)C2=O. The molecule has 3 aliphatic rings. The first kappa shape index (κ1) is 26.6. The molecular formula is C32H32N4O5. The summed E-state index contributed by atoms with van der Waals surface area (Å²) in [6, 6.07) is 24.8. The van der Waals surface area contributed by atoms with Crippen LogP contribution in [0.3, 0.4) is 0 Å². The molecule has 2 unspecified atom stereocenters. The van der Waals surface area contributed by atoms with E-state index in [9.17, 15) is 14.4 Å². The number of carbonyl (C=O) groups is 3. The summed E-state index contributed by atoms with van der Waals surface area (Å²) in [5.41, 5.74) is 2.76. The lowest BCUT2D eigenvalue weighted by molar-refractivity contribution is -0.145. The third-order valence-corrected chi connectivity index (χ3v) is 7.81. The van der Waals surface area contributed by atoms with Crippen LogP contribution in [0.4, 0.5) is 4.79 Å². The number of benzene rings is 3. The number of para-hydroxylation sites is 1. The van der Waals surface area contributed by atoms with E-state index in [1.165, 1.54) is 4.90 Å². The van der Waals surface area contributed by atoms with Crippen LogP contribution in [0.1, 0.15) is 17.2 Å². The molecule has 1 saturated heterocycles. The van der Waals surface area contributed by atoms with Crippen molar-refractivity contribution in [1.29, 1.82) is 0 Å². The Morgan fingerprint density at radius 2 is 1.63 bits per heavy atom. The monoisotopic (exact) mass is 552 g/mol. The molecule has 9 nitrogen and oxygen atoms in total. The number of nitrogens with one attached hydrogen (secondary N) is 1. The highest BCUT2D eigenvalue weighted by Crippen LogP contribution is 2.38. The summed E-state index contributed by atoms with van der Waals surface area (Å²) >= 11 is 0. The van der Waals surface area contributed by atoms with Gasteiger partial charge in [0.05, 0.1) is 37.1 Å². The number of nitrogens with zero attached hydrogens (tertiary/aromatic N) is 3. The van der Waals surface area contributed by atoms with E-state index in [1.54, 1.807) is 16.8 Å². The van der Waals surface area contributed by atoms with Crippen LogP contribution < -0.4 is 10.1 Å². The van der Waals surface area contributed by atoms with E-state index in [2.05, 4.69) is 5.32 Å². The van der Waals surface area contributed by atoms with Crippen LogP contribution >= 0.6 is 0 Å². The van der Waals surface area contributed by atoms with E-state index in [0.29, 0.717) is 55.5 Å². The van der Waals surface area contributed by atoms with Gasteiger partial charge in [-0.1, -0.05) is 60.7 Å². The van der Waals surface area contributed by atoms with E-state index in [-0.39, 0.29) is 24.4 Å². The molecule has 4 amide bonds. The second-order valence-corrected chi connectivity index (χ2v) is 10.4. The van der Waals surface area contributed by atoms with Crippen molar-refractivity contribution in [3.05, 3.63) is 107 Å². The standard InChI is InChI=1S/C32H32N4O5/c1-34-27-21-36(26(19-22-9-4-2-5-10-22)30(37)35-15-17-40-18-16-35)31(38)28(27)29(33-32(34)39)23-11-8-14-25(20-23)41-24-12-6-3-7-13-24/h2-14,20,26,29H,15-19,21H2,1H3,(H,33,39). The molecule has 0 spiro atoms. The highest BCUT2D eigenvalue weighted by atomic mass is 16.5. The first-order valence-corrected chi connectivity index (χ1v) is 13.8. The predicted octanol–water partition coefficient (Wildman–Crippen LogP) is 3.74. The number of carbonyl (C=O) groups excluding carboxylic acids is 3. The molecule has 1 fully saturated rings. The molecule has 1 N–H and O–H groups in total. The average molecular weight is 553 g/mol. The molecule has 41 heavy (non-hydrogen) atoms. The van der Waals surface area contributed by atoms with E-state index >= 15 is 0 Å². The molecule has 3 aromatic carbocycles. The molecule has 3 aromatic rings. The molecule has 9 heteroatoms. The first-order valence-electron chi connectivity index (χ1n) is 13.8. The van der Waals surface area contributed by atoms with Crippen molar-refractivity contribution >= 4 is 17.8 Å². The Morgan fingerprint density at radius 1 is 0.951 bits per heavy atom. The summed E-state index contributed by atoms with van der Waals surface area (Å²) in [6.07, 6.45) is 0.374. The number of hydrogen-bond donors (Lipinski definition) is 1. The number of likely N-dealkylation sites (N-methyl/N-ethyl adjacent to an activating group) is 1. The van der Waals surface area contributed by atoms with Crippen LogP contribution in [0.5, 0.6) is 11.5 Å². The van der Waals surface area contributed by atoms with Gasteiger partial charge in [0.25, 0.3) is 5.91 Å². The van der Waals surface area contributed by atoms with Crippen molar-refractivity contribution in [2.45, 2.75) is 18.5 Å². The Kier molecular flexibility index (Phi) is 7.43. The highest BCUT2D eigenvalue weighted by Gasteiger charge is 2.47. The summed E-state index contributed by atoms with van der Waals surface area (Å²) in [5, 5.41) is 2.99. The molecule has 6 rings (SSSR count). The fraction of sp³-hybridized carbons (Fsp3) is 0.281. The number of morpholine rings is 1. The van der Waals surface area contributed by atoms with Gasteiger partial charge in [0.15, 0.2) is 0 Å². The molecule has 0 radical (unpaired) electrons. The van der Waals surface area contributed by atoms with Gasteiger partial charge in [0.2, 0.25) is 5.91 Å². The predicted molar refractivity (Wildman–Crippen MR) is 152 cm³/mol. The summed E-state index contributed by atoms with van der Waals surface area (Å²) in [7, 11) is 1.66. The third kappa shape index (κ3) is 5.40. The van der Waals surface area contributed by atoms with Crippen LogP contribution in [0.25, 0.3) is 0 Å². The lowest BCUT2D eigenvalue weighted by atomic mass is 9.95. The molecule has 0 aliphatic carbocycles. The number of rotatable bonds is 7. The third-order valence-electron chi connectivity index (χ3n) is 7.81. The zero-order valence-electron chi connectivity index (χ0n) is 22.9. The van der Waals surface area contributed by atoms with Crippen LogP contribution in [0.15, 0.2) is 96.2 Å². The number of ether oxygens (including phenoxy) is 2.